The first-order chi connectivity index (χ1) is 17.9. The molecule has 4 nitrogen and oxygen atoms in total. The van der Waals surface area contributed by atoms with Crippen LogP contribution in [0.3, 0.4) is 0 Å². The van der Waals surface area contributed by atoms with E-state index in [-0.39, 0.29) is 31.6 Å². The second-order valence-electron chi connectivity index (χ2n) is 9.39. The van der Waals surface area contributed by atoms with Crippen molar-refractivity contribution in [1.82, 2.24) is 9.55 Å². The molecule has 0 saturated carbocycles. The summed E-state index contributed by atoms with van der Waals surface area (Å²) in [6.45, 7) is 2.85. The fourth-order valence-electron chi connectivity index (χ4n) is 5.45. The molecule has 0 spiro atoms. The molecule has 1 aliphatic carbocycles. The number of hydrogen-bond acceptors (Lipinski definition) is 3. The predicted octanol–water partition coefficient (Wildman–Crippen LogP) is 8.03. The van der Waals surface area contributed by atoms with E-state index in [9.17, 15) is 4.79 Å². The van der Waals surface area contributed by atoms with E-state index in [0.29, 0.717) is 0 Å². The molecule has 0 unspecified atom stereocenters. The standard InChI is InChI=1S/C28H17N2.C5H8O2.Ir/c1-30-25-14-5-4-10-21(25)28-20(12-7-15-26(28)30)24-16-22-18-9-3-2-8-17(18)19-11-6-13-23(29-24)27(19)22;1-4(6)3-5(2)7;/h2-11,13-16H,1H3;3,6H,1-2H3;/q-1;;. The molecule has 2 heterocycles. The molecule has 0 bridgehead atoms. The number of fused-ring (bicyclic) bond motifs is 6. The second kappa shape index (κ2) is 10.0. The van der Waals surface area contributed by atoms with Crippen molar-refractivity contribution in [1.29, 1.82) is 0 Å². The van der Waals surface area contributed by atoms with Gasteiger partial charge in [-0.15, -0.1) is 23.8 Å². The van der Waals surface area contributed by atoms with Gasteiger partial charge in [-0.05, 0) is 64.8 Å². The predicted molar refractivity (Wildman–Crippen MR) is 151 cm³/mol. The van der Waals surface area contributed by atoms with E-state index in [1.807, 2.05) is 6.07 Å². The van der Waals surface area contributed by atoms with Crippen LogP contribution in [0.25, 0.3) is 66.2 Å². The molecule has 0 saturated heterocycles. The molecule has 38 heavy (non-hydrogen) atoms. The van der Waals surface area contributed by atoms with E-state index in [1.165, 1.54) is 69.4 Å². The van der Waals surface area contributed by atoms with Gasteiger partial charge in [0.05, 0.1) is 11.3 Å². The molecule has 2 aromatic heterocycles. The van der Waals surface area contributed by atoms with Gasteiger partial charge in [0.1, 0.15) is 0 Å². The van der Waals surface area contributed by atoms with Gasteiger partial charge in [-0.1, -0.05) is 66.0 Å². The van der Waals surface area contributed by atoms with Gasteiger partial charge in [0, 0.05) is 44.1 Å². The number of para-hydroxylation sites is 1. The summed E-state index contributed by atoms with van der Waals surface area (Å²) < 4.78 is 2.26. The molecular formula is C33H25IrN2O2-. The molecular weight excluding hydrogens is 649 g/mol. The quantitative estimate of drug-likeness (QED) is 0.115. The van der Waals surface area contributed by atoms with Crippen LogP contribution in [0.2, 0.25) is 0 Å². The summed E-state index contributed by atoms with van der Waals surface area (Å²) in [7, 11) is 2.13. The van der Waals surface area contributed by atoms with Crippen LogP contribution in [0, 0.1) is 6.07 Å². The summed E-state index contributed by atoms with van der Waals surface area (Å²) in [5.41, 5.74) is 10.7. The number of aliphatic hydroxyl groups excluding tert-OH is 1. The Balaban J connectivity index is 0.000000329. The van der Waals surface area contributed by atoms with E-state index in [1.54, 1.807) is 0 Å². The normalized spacial score (nSPS) is 11.7. The minimum absolute atomic E-state index is 0. The van der Waals surface area contributed by atoms with Crippen LogP contribution >= 0.6 is 0 Å². The van der Waals surface area contributed by atoms with Crippen LogP contribution < -0.4 is 0 Å². The van der Waals surface area contributed by atoms with Gasteiger partial charge in [-0.2, -0.15) is 0 Å². The average Bonchev–Trinajstić information content (AvgIpc) is 3.38. The van der Waals surface area contributed by atoms with Crippen molar-refractivity contribution in [2.75, 3.05) is 0 Å². The second-order valence-corrected chi connectivity index (χ2v) is 9.39. The maximum absolute atomic E-state index is 10.0. The van der Waals surface area contributed by atoms with E-state index in [2.05, 4.69) is 96.5 Å². The van der Waals surface area contributed by atoms with E-state index < -0.39 is 0 Å². The molecule has 1 N–H and O–H groups in total. The van der Waals surface area contributed by atoms with E-state index in [4.69, 9.17) is 10.1 Å². The number of allylic oxidation sites excluding steroid dienone is 2. The topological polar surface area (TPSA) is 55.1 Å². The number of hydrogen-bond donors (Lipinski definition) is 1. The molecule has 0 amide bonds. The number of ketones is 1. The number of pyridine rings is 1. The van der Waals surface area contributed by atoms with Crippen LogP contribution in [-0.4, -0.2) is 20.4 Å². The van der Waals surface area contributed by atoms with Gasteiger partial charge >= 0.3 is 0 Å². The molecule has 0 atom stereocenters. The van der Waals surface area contributed by atoms with Crippen LogP contribution in [0.1, 0.15) is 13.8 Å². The van der Waals surface area contributed by atoms with Crippen LogP contribution in [0.15, 0.2) is 96.8 Å². The SMILES string of the molecule is CC(=O)C=C(C)O.Cn1c2ccccc2c2c(-c3cc4c5c(cccc5n3)-c3ccccc3-4)[c-]ccc21.[Ir]. The number of aliphatic hydroxyl groups is 1. The van der Waals surface area contributed by atoms with Gasteiger partial charge in [-0.3, -0.25) is 9.78 Å². The fourth-order valence-corrected chi connectivity index (χ4v) is 5.45. The third-order valence-electron chi connectivity index (χ3n) is 6.88. The van der Waals surface area contributed by atoms with Crippen molar-refractivity contribution in [2.24, 2.45) is 7.05 Å². The maximum Gasteiger partial charge on any atom is 0.155 e. The molecule has 1 radical (unpaired) electrons. The summed E-state index contributed by atoms with van der Waals surface area (Å²) in [5.74, 6) is -0.0625. The molecule has 189 valence electrons. The van der Waals surface area contributed by atoms with Crippen LogP contribution in [-0.2, 0) is 31.9 Å². The number of carbonyl (C=O) groups is 1. The summed E-state index contributed by atoms with van der Waals surface area (Å²) >= 11 is 0. The number of benzene rings is 4. The Morgan fingerprint density at radius 3 is 2.24 bits per heavy atom. The minimum atomic E-state index is -0.125. The zero-order valence-corrected chi connectivity index (χ0v) is 23.6. The number of carbonyl (C=O) groups excluding carboxylic acids is 1. The van der Waals surface area contributed by atoms with Gasteiger partial charge < -0.3 is 9.67 Å². The summed E-state index contributed by atoms with van der Waals surface area (Å²) in [5, 5.41) is 12.1. The minimum Gasteiger partial charge on any atom is -0.512 e. The van der Waals surface area contributed by atoms with Gasteiger partial charge in [0.2, 0.25) is 0 Å². The molecule has 5 heteroatoms. The number of aryl methyl sites for hydroxylation is 1. The fraction of sp³-hybridized carbons (Fsp3) is 0.0909. The molecule has 6 aromatic rings. The summed E-state index contributed by atoms with van der Waals surface area (Å²) in [6, 6.07) is 33.6. The first-order valence-electron chi connectivity index (χ1n) is 12.2. The van der Waals surface area contributed by atoms with Crippen LogP contribution in [0.5, 0.6) is 0 Å². The van der Waals surface area contributed by atoms with E-state index >= 15 is 0 Å². The molecule has 4 aromatic carbocycles. The number of nitrogens with zero attached hydrogens (tertiary/aromatic N) is 2. The van der Waals surface area contributed by atoms with Crippen molar-refractivity contribution in [3.8, 4) is 33.5 Å². The summed E-state index contributed by atoms with van der Waals surface area (Å²) in [4.78, 5) is 15.1. The monoisotopic (exact) mass is 674 g/mol. The largest absolute Gasteiger partial charge is 0.512 e. The molecule has 7 rings (SSSR count). The Morgan fingerprint density at radius 1 is 0.842 bits per heavy atom. The molecule has 0 fully saturated rings. The van der Waals surface area contributed by atoms with Crippen LogP contribution in [0.4, 0.5) is 0 Å². The Hall–Kier alpha value is -4.05. The van der Waals surface area contributed by atoms with Crippen molar-refractivity contribution < 1.29 is 30.0 Å². The number of rotatable bonds is 2. The Kier molecular flexibility index (Phi) is 6.75. The third kappa shape index (κ3) is 4.14. The molecule has 1 aliphatic rings. The van der Waals surface area contributed by atoms with Crippen molar-refractivity contribution in [3.05, 3.63) is 103 Å². The first kappa shape index (κ1) is 25.6. The van der Waals surface area contributed by atoms with Gasteiger partial charge in [0.25, 0.3) is 0 Å². The third-order valence-corrected chi connectivity index (χ3v) is 6.88. The molecule has 0 aliphatic heterocycles. The first-order valence-corrected chi connectivity index (χ1v) is 12.2. The van der Waals surface area contributed by atoms with Crippen molar-refractivity contribution in [2.45, 2.75) is 13.8 Å². The van der Waals surface area contributed by atoms with Crippen molar-refractivity contribution in [3.63, 3.8) is 0 Å². The zero-order chi connectivity index (χ0) is 25.7. The maximum atomic E-state index is 10.0. The average molecular weight is 674 g/mol. The Labute approximate surface area is 234 Å². The van der Waals surface area contributed by atoms with Gasteiger partial charge in [-0.25, -0.2) is 0 Å². The van der Waals surface area contributed by atoms with Crippen molar-refractivity contribution >= 4 is 38.5 Å². The van der Waals surface area contributed by atoms with Gasteiger partial charge in [0.15, 0.2) is 5.78 Å². The Morgan fingerprint density at radius 2 is 1.53 bits per heavy atom. The smallest absolute Gasteiger partial charge is 0.155 e. The zero-order valence-electron chi connectivity index (χ0n) is 21.2. The van der Waals surface area contributed by atoms with E-state index in [0.717, 1.165) is 16.8 Å². The summed E-state index contributed by atoms with van der Waals surface area (Å²) in [6.07, 6.45) is 1.17. The number of aromatic nitrogens is 2. The Bertz CT molecular complexity index is 1900.